The Bertz CT molecular complexity index is 780. The van der Waals surface area contributed by atoms with Gasteiger partial charge in [-0.3, -0.25) is 14.4 Å². The van der Waals surface area contributed by atoms with Gasteiger partial charge in [0.15, 0.2) is 11.6 Å². The van der Waals surface area contributed by atoms with Crippen LogP contribution in [0.25, 0.3) is 0 Å². The maximum atomic E-state index is 12.8. The molecule has 0 heterocycles. The second kappa shape index (κ2) is 8.41. The smallest absolute Gasteiger partial charge is 0.303 e. The number of hydrogen-bond donors (Lipinski definition) is 1. The van der Waals surface area contributed by atoms with Gasteiger partial charge in [0.1, 0.15) is 6.61 Å². The summed E-state index contributed by atoms with van der Waals surface area (Å²) in [7, 11) is 0. The minimum Gasteiger partial charge on any atom is -0.458 e. The molecule has 0 aromatic rings. The van der Waals surface area contributed by atoms with E-state index in [4.69, 9.17) is 4.74 Å². The van der Waals surface area contributed by atoms with Gasteiger partial charge in [0.25, 0.3) is 0 Å². The molecule has 4 rings (SSSR count). The summed E-state index contributed by atoms with van der Waals surface area (Å²) >= 11 is 0. The summed E-state index contributed by atoms with van der Waals surface area (Å²) in [6, 6.07) is 0. The van der Waals surface area contributed by atoms with Gasteiger partial charge in [-0.1, -0.05) is 39.3 Å². The molecule has 5 heteroatoms. The van der Waals surface area contributed by atoms with Crippen LogP contribution in [-0.2, 0) is 19.1 Å². The van der Waals surface area contributed by atoms with Crippen molar-refractivity contribution >= 4 is 17.5 Å². The monoisotopic (exact) mass is 416 g/mol. The van der Waals surface area contributed by atoms with E-state index in [9.17, 15) is 19.5 Å². The molecule has 3 fully saturated rings. The fraction of sp³-hybridized carbons (Fsp3) is 0.720. The molecule has 166 valence electrons. The minimum absolute atomic E-state index is 0.0170. The number of esters is 1. The lowest BCUT2D eigenvalue weighted by atomic mass is 9.46. The zero-order chi connectivity index (χ0) is 22.3. The van der Waals surface area contributed by atoms with Gasteiger partial charge in [0, 0.05) is 24.2 Å². The molecule has 0 aliphatic heterocycles. The molecular formula is C25H36O5. The maximum Gasteiger partial charge on any atom is 0.303 e. The van der Waals surface area contributed by atoms with E-state index >= 15 is 0 Å². The second-order valence-corrected chi connectivity index (χ2v) is 9.68. The number of Topliss-reactive ketones (excluding diaryl/α,β-unsaturated/α-hetero) is 1. The van der Waals surface area contributed by atoms with E-state index in [0.717, 1.165) is 31.3 Å². The Morgan fingerprint density at radius 3 is 2.57 bits per heavy atom. The first-order valence-corrected chi connectivity index (χ1v) is 11.4. The first kappa shape index (κ1) is 22.9. The number of hydrogen-bond acceptors (Lipinski definition) is 5. The predicted molar refractivity (Wildman–Crippen MR) is 114 cm³/mol. The molecule has 1 N–H and O–H groups in total. The van der Waals surface area contributed by atoms with Crippen molar-refractivity contribution in [2.45, 2.75) is 72.8 Å². The van der Waals surface area contributed by atoms with Gasteiger partial charge >= 0.3 is 5.97 Å². The van der Waals surface area contributed by atoms with E-state index < -0.39 is 12.1 Å². The molecule has 0 amide bonds. The number of rotatable bonds is 3. The Labute approximate surface area is 179 Å². The highest BCUT2D eigenvalue weighted by molar-refractivity contribution is 6.01. The highest BCUT2D eigenvalue weighted by Crippen LogP contribution is 2.66. The molecule has 0 aromatic heterocycles. The number of ether oxygens (including phenoxy) is 1. The van der Waals surface area contributed by atoms with E-state index in [1.807, 2.05) is 19.9 Å². The lowest BCUT2D eigenvalue weighted by Gasteiger charge is -2.58. The Morgan fingerprint density at radius 2 is 1.90 bits per heavy atom. The average molecular weight is 417 g/mol. The van der Waals surface area contributed by atoms with Crippen LogP contribution in [0.4, 0.5) is 0 Å². The van der Waals surface area contributed by atoms with Crippen molar-refractivity contribution in [3.05, 3.63) is 23.8 Å². The lowest BCUT2D eigenvalue weighted by Crippen LogP contribution is -2.56. The maximum absolute atomic E-state index is 12.8. The normalized spacial score (nSPS) is 41.5. The van der Waals surface area contributed by atoms with Crippen LogP contribution in [0.5, 0.6) is 0 Å². The fourth-order valence-corrected chi connectivity index (χ4v) is 7.13. The number of carbonyl (C=O) groups excluding carboxylic acids is 3. The molecule has 0 spiro atoms. The van der Waals surface area contributed by atoms with Crippen molar-refractivity contribution in [3.8, 4) is 0 Å². The van der Waals surface area contributed by atoms with Crippen molar-refractivity contribution < 1.29 is 24.2 Å². The van der Waals surface area contributed by atoms with Crippen molar-refractivity contribution in [3.63, 3.8) is 0 Å². The number of ketones is 2. The number of fused-ring (bicyclic) bond motifs is 5. The molecule has 4 aliphatic carbocycles. The summed E-state index contributed by atoms with van der Waals surface area (Å²) < 4.78 is 4.97. The van der Waals surface area contributed by atoms with Crippen molar-refractivity contribution in [2.24, 2.45) is 34.5 Å². The van der Waals surface area contributed by atoms with Gasteiger partial charge in [0.2, 0.25) is 0 Å². The predicted octanol–water partition coefficient (Wildman–Crippen LogP) is 4.04. The van der Waals surface area contributed by atoms with Gasteiger partial charge < -0.3 is 9.84 Å². The average Bonchev–Trinajstić information content (AvgIpc) is 3.04. The molecule has 0 saturated heterocycles. The molecule has 0 radical (unpaired) electrons. The molecule has 7 atom stereocenters. The zero-order valence-corrected chi connectivity index (χ0v) is 18.9. The molecule has 30 heavy (non-hydrogen) atoms. The highest BCUT2D eigenvalue weighted by atomic mass is 16.5. The van der Waals surface area contributed by atoms with Crippen molar-refractivity contribution in [1.82, 2.24) is 0 Å². The zero-order valence-electron chi connectivity index (χ0n) is 18.9. The summed E-state index contributed by atoms with van der Waals surface area (Å²) in [6.45, 7) is 9.46. The fourth-order valence-electron chi connectivity index (χ4n) is 7.13. The molecule has 4 aliphatic rings. The van der Waals surface area contributed by atoms with E-state index in [1.54, 1.807) is 12.2 Å². The van der Waals surface area contributed by atoms with Gasteiger partial charge in [-0.2, -0.15) is 0 Å². The quantitative estimate of drug-likeness (QED) is 0.702. The van der Waals surface area contributed by atoms with Gasteiger partial charge in [0.05, 0.1) is 6.10 Å². The number of aliphatic hydroxyl groups is 1. The Morgan fingerprint density at radius 1 is 1.20 bits per heavy atom. The van der Waals surface area contributed by atoms with Crippen LogP contribution >= 0.6 is 0 Å². The molecule has 0 aromatic carbocycles. The van der Waals surface area contributed by atoms with E-state index in [-0.39, 0.29) is 40.8 Å². The topological polar surface area (TPSA) is 80.7 Å². The van der Waals surface area contributed by atoms with Crippen LogP contribution in [-0.4, -0.2) is 35.4 Å². The van der Waals surface area contributed by atoms with E-state index in [1.165, 1.54) is 6.92 Å². The standard InChI is InChI=1S/C23H30O5.C2H6/c1-13(24)28-12-20(27)18-7-6-17-16-5-4-14-10-15(25)8-9-22(14,2)21(16)19(26)11-23(17,18)3;1-2/h8-10,16-19,21,26H,4-7,11-12H2,1-3H3;1-2H3. The molecule has 5 nitrogen and oxygen atoms in total. The van der Waals surface area contributed by atoms with Crippen LogP contribution in [0.3, 0.4) is 0 Å². The largest absolute Gasteiger partial charge is 0.458 e. The summed E-state index contributed by atoms with van der Waals surface area (Å²) in [5.41, 5.74) is 0.602. The van der Waals surface area contributed by atoms with Crippen LogP contribution in [0, 0.1) is 34.5 Å². The number of allylic oxidation sites excluding steroid dienone is 4. The third-order valence-corrected chi connectivity index (χ3v) is 8.30. The highest BCUT2D eigenvalue weighted by Gasteiger charge is 2.62. The van der Waals surface area contributed by atoms with Gasteiger partial charge in [-0.05, 0) is 61.5 Å². The van der Waals surface area contributed by atoms with E-state index in [2.05, 4.69) is 13.8 Å². The summed E-state index contributed by atoms with van der Waals surface area (Å²) in [5.74, 6) is 0.208. The van der Waals surface area contributed by atoms with Gasteiger partial charge in [-0.25, -0.2) is 0 Å². The molecule has 7 unspecified atom stereocenters. The summed E-state index contributed by atoms with van der Waals surface area (Å²) in [6.07, 6.45) is 9.08. The summed E-state index contributed by atoms with van der Waals surface area (Å²) in [5, 5.41) is 11.3. The van der Waals surface area contributed by atoms with Crippen LogP contribution in [0.15, 0.2) is 23.8 Å². The Hall–Kier alpha value is -1.75. The second-order valence-electron chi connectivity index (χ2n) is 9.68. The number of aliphatic hydroxyl groups excluding tert-OH is 1. The van der Waals surface area contributed by atoms with E-state index in [0.29, 0.717) is 18.3 Å². The molecule has 0 bridgehead atoms. The lowest BCUT2D eigenvalue weighted by molar-refractivity contribution is -0.152. The third-order valence-electron chi connectivity index (χ3n) is 8.30. The van der Waals surface area contributed by atoms with Crippen LogP contribution in [0.2, 0.25) is 0 Å². The van der Waals surface area contributed by atoms with Crippen molar-refractivity contribution in [1.29, 1.82) is 0 Å². The first-order valence-electron chi connectivity index (χ1n) is 11.4. The third kappa shape index (κ3) is 3.59. The van der Waals surface area contributed by atoms with Crippen LogP contribution < -0.4 is 0 Å². The SMILES string of the molecule is CC.CC(=O)OCC(=O)C1CCC2C3CCC4=CC(=O)C=CC4(C)C3C(O)CC12C. The molecule has 3 saturated carbocycles. The van der Waals surface area contributed by atoms with Gasteiger partial charge in [-0.15, -0.1) is 0 Å². The van der Waals surface area contributed by atoms with Crippen LogP contribution in [0.1, 0.15) is 66.7 Å². The molecular weight excluding hydrogens is 380 g/mol. The number of carbonyl (C=O) groups is 3. The Kier molecular flexibility index (Phi) is 6.43. The Balaban J connectivity index is 0.00000124. The summed E-state index contributed by atoms with van der Waals surface area (Å²) in [4.78, 5) is 35.8. The first-order chi connectivity index (χ1) is 14.2. The van der Waals surface area contributed by atoms with Crippen molar-refractivity contribution in [2.75, 3.05) is 6.61 Å². The minimum atomic E-state index is -0.514.